The molecule has 0 amide bonds. The number of rotatable bonds is 0. The van der Waals surface area contributed by atoms with E-state index in [1.165, 1.54) is 0 Å². The Morgan fingerprint density at radius 3 is 2.31 bits per heavy atom. The van der Waals surface area contributed by atoms with Crippen LogP contribution in [0.4, 0.5) is 0 Å². The lowest BCUT2D eigenvalue weighted by Gasteiger charge is -2.09. The second kappa shape index (κ2) is 3.33. The second-order valence-electron chi connectivity index (χ2n) is 3.95. The predicted octanol–water partition coefficient (Wildman–Crippen LogP) is 2.13. The number of hydrogen-bond acceptors (Lipinski definition) is 4. The SMILES string of the molecule is Cc1nc(C)c2c(=O)oc(C)c(O)c2c1C. The van der Waals surface area contributed by atoms with Gasteiger partial charge in [-0.2, -0.15) is 0 Å². The summed E-state index contributed by atoms with van der Waals surface area (Å²) in [5.41, 5.74) is 1.76. The molecule has 0 fully saturated rings. The summed E-state index contributed by atoms with van der Waals surface area (Å²) < 4.78 is 4.95. The summed E-state index contributed by atoms with van der Waals surface area (Å²) in [4.78, 5) is 16.0. The molecule has 0 aliphatic rings. The van der Waals surface area contributed by atoms with E-state index >= 15 is 0 Å². The van der Waals surface area contributed by atoms with Gasteiger partial charge in [0.25, 0.3) is 0 Å². The van der Waals surface area contributed by atoms with Gasteiger partial charge in [-0.3, -0.25) is 4.98 Å². The summed E-state index contributed by atoms with van der Waals surface area (Å²) in [7, 11) is 0. The number of nitrogens with zero attached hydrogens (tertiary/aromatic N) is 1. The average Bonchev–Trinajstić information content (AvgIpc) is 2.20. The lowest BCUT2D eigenvalue weighted by molar-refractivity contribution is 0.412. The highest BCUT2D eigenvalue weighted by atomic mass is 16.4. The van der Waals surface area contributed by atoms with E-state index in [-0.39, 0.29) is 11.5 Å². The van der Waals surface area contributed by atoms with Crippen molar-refractivity contribution < 1.29 is 9.52 Å². The van der Waals surface area contributed by atoms with E-state index in [1.807, 2.05) is 13.8 Å². The van der Waals surface area contributed by atoms with Gasteiger partial charge in [0.2, 0.25) is 0 Å². The molecule has 16 heavy (non-hydrogen) atoms. The average molecular weight is 219 g/mol. The van der Waals surface area contributed by atoms with Crippen LogP contribution < -0.4 is 5.63 Å². The molecular formula is C12H13NO3. The van der Waals surface area contributed by atoms with Gasteiger partial charge in [-0.25, -0.2) is 4.79 Å². The molecule has 0 saturated carbocycles. The number of fused-ring (bicyclic) bond motifs is 1. The summed E-state index contributed by atoms with van der Waals surface area (Å²) >= 11 is 0. The summed E-state index contributed by atoms with van der Waals surface area (Å²) in [5, 5.41) is 10.9. The summed E-state index contributed by atoms with van der Waals surface area (Å²) in [6, 6.07) is 0. The van der Waals surface area contributed by atoms with Crippen molar-refractivity contribution in [2.75, 3.05) is 0 Å². The highest BCUT2D eigenvalue weighted by Gasteiger charge is 2.16. The van der Waals surface area contributed by atoms with Crippen molar-refractivity contribution in [3.8, 4) is 5.75 Å². The minimum absolute atomic E-state index is 0.0284. The van der Waals surface area contributed by atoms with Crippen molar-refractivity contribution in [1.82, 2.24) is 4.98 Å². The van der Waals surface area contributed by atoms with Crippen LogP contribution in [0.25, 0.3) is 10.8 Å². The molecule has 0 unspecified atom stereocenters. The van der Waals surface area contributed by atoms with Gasteiger partial charge in [0.15, 0.2) is 5.75 Å². The van der Waals surface area contributed by atoms with Crippen molar-refractivity contribution in [3.63, 3.8) is 0 Å². The molecule has 2 heterocycles. The predicted molar refractivity (Wildman–Crippen MR) is 60.9 cm³/mol. The standard InChI is InChI=1S/C12H13NO3/c1-5-6(2)13-7(3)10-9(5)11(14)8(4)16-12(10)15/h14H,1-4H3. The summed E-state index contributed by atoms with van der Waals surface area (Å²) in [6.45, 7) is 7.00. The molecule has 0 atom stereocenters. The third-order valence-electron chi connectivity index (χ3n) is 2.89. The number of pyridine rings is 1. The minimum Gasteiger partial charge on any atom is -0.504 e. The maximum atomic E-state index is 11.7. The molecule has 2 rings (SSSR count). The first-order valence-electron chi connectivity index (χ1n) is 5.03. The van der Waals surface area contributed by atoms with Gasteiger partial charge in [-0.05, 0) is 33.3 Å². The molecule has 0 radical (unpaired) electrons. The molecule has 84 valence electrons. The monoisotopic (exact) mass is 219 g/mol. The topological polar surface area (TPSA) is 63.3 Å². The van der Waals surface area contributed by atoms with Gasteiger partial charge in [0, 0.05) is 11.1 Å². The Hall–Kier alpha value is -1.84. The van der Waals surface area contributed by atoms with Gasteiger partial charge in [0.05, 0.1) is 11.1 Å². The number of hydrogen-bond donors (Lipinski definition) is 1. The van der Waals surface area contributed by atoms with Crippen LogP contribution in [0.15, 0.2) is 9.21 Å². The van der Waals surface area contributed by atoms with Gasteiger partial charge in [0.1, 0.15) is 5.76 Å². The van der Waals surface area contributed by atoms with Crippen LogP contribution in [0.1, 0.15) is 22.7 Å². The Morgan fingerprint density at radius 1 is 1.06 bits per heavy atom. The van der Waals surface area contributed by atoms with E-state index in [4.69, 9.17) is 4.42 Å². The van der Waals surface area contributed by atoms with Crippen LogP contribution in [-0.4, -0.2) is 10.1 Å². The Balaban J connectivity index is 3.18. The van der Waals surface area contributed by atoms with Gasteiger partial charge in [-0.1, -0.05) is 0 Å². The molecule has 2 aromatic heterocycles. The Morgan fingerprint density at radius 2 is 1.69 bits per heavy atom. The first kappa shape index (κ1) is 10.7. The fraction of sp³-hybridized carbons (Fsp3) is 0.333. The molecule has 2 aromatic rings. The molecule has 0 saturated heterocycles. The van der Waals surface area contributed by atoms with Crippen molar-refractivity contribution in [2.24, 2.45) is 0 Å². The Labute approximate surface area is 92.6 Å². The van der Waals surface area contributed by atoms with Crippen molar-refractivity contribution in [1.29, 1.82) is 0 Å². The quantitative estimate of drug-likeness (QED) is 0.737. The summed E-state index contributed by atoms with van der Waals surface area (Å²) in [5.74, 6) is 0.270. The van der Waals surface area contributed by atoms with E-state index in [9.17, 15) is 9.90 Å². The normalized spacial score (nSPS) is 11.0. The highest BCUT2D eigenvalue weighted by molar-refractivity contribution is 5.92. The molecule has 0 aliphatic carbocycles. The van der Waals surface area contributed by atoms with Crippen LogP contribution >= 0.6 is 0 Å². The zero-order chi connectivity index (χ0) is 12.0. The maximum Gasteiger partial charge on any atom is 0.345 e. The zero-order valence-corrected chi connectivity index (χ0v) is 9.71. The molecule has 0 bridgehead atoms. The number of aromatic hydroxyl groups is 1. The minimum atomic E-state index is -0.446. The van der Waals surface area contributed by atoms with Crippen LogP contribution in [-0.2, 0) is 0 Å². The van der Waals surface area contributed by atoms with Crippen molar-refractivity contribution in [3.05, 3.63) is 33.1 Å². The van der Waals surface area contributed by atoms with E-state index in [0.29, 0.717) is 16.5 Å². The lowest BCUT2D eigenvalue weighted by atomic mass is 10.0. The molecule has 0 aromatic carbocycles. The van der Waals surface area contributed by atoms with Gasteiger partial charge in [-0.15, -0.1) is 0 Å². The lowest BCUT2D eigenvalue weighted by Crippen LogP contribution is -2.06. The third kappa shape index (κ3) is 1.30. The van der Waals surface area contributed by atoms with Crippen LogP contribution in [0.3, 0.4) is 0 Å². The highest BCUT2D eigenvalue weighted by Crippen LogP contribution is 2.30. The van der Waals surface area contributed by atoms with E-state index in [2.05, 4.69) is 4.98 Å². The van der Waals surface area contributed by atoms with E-state index < -0.39 is 5.63 Å². The van der Waals surface area contributed by atoms with Crippen LogP contribution in [0, 0.1) is 27.7 Å². The van der Waals surface area contributed by atoms with Gasteiger partial charge < -0.3 is 9.52 Å². The molecule has 4 nitrogen and oxygen atoms in total. The fourth-order valence-corrected chi connectivity index (χ4v) is 1.90. The van der Waals surface area contributed by atoms with Crippen molar-refractivity contribution in [2.45, 2.75) is 27.7 Å². The molecule has 1 N–H and O–H groups in total. The largest absolute Gasteiger partial charge is 0.504 e. The van der Waals surface area contributed by atoms with Gasteiger partial charge >= 0.3 is 5.63 Å². The molecule has 4 heteroatoms. The first-order chi connectivity index (χ1) is 7.43. The first-order valence-corrected chi connectivity index (χ1v) is 5.03. The van der Waals surface area contributed by atoms with Crippen LogP contribution in [0.2, 0.25) is 0 Å². The maximum absolute atomic E-state index is 11.7. The molecular weight excluding hydrogens is 206 g/mol. The summed E-state index contributed by atoms with van der Waals surface area (Å²) in [6.07, 6.45) is 0. The molecule has 0 aliphatic heterocycles. The fourth-order valence-electron chi connectivity index (χ4n) is 1.90. The zero-order valence-electron chi connectivity index (χ0n) is 9.71. The number of aryl methyl sites for hydroxylation is 4. The van der Waals surface area contributed by atoms with Crippen molar-refractivity contribution >= 4 is 10.8 Å². The Bertz CT molecular complexity index is 633. The second-order valence-corrected chi connectivity index (χ2v) is 3.95. The Kier molecular flexibility index (Phi) is 2.22. The smallest absolute Gasteiger partial charge is 0.345 e. The van der Waals surface area contributed by atoms with E-state index in [1.54, 1.807) is 13.8 Å². The third-order valence-corrected chi connectivity index (χ3v) is 2.89. The van der Waals surface area contributed by atoms with Crippen LogP contribution in [0.5, 0.6) is 5.75 Å². The molecule has 0 spiro atoms. The number of aromatic nitrogens is 1. The van der Waals surface area contributed by atoms with E-state index in [0.717, 1.165) is 11.3 Å².